The summed E-state index contributed by atoms with van der Waals surface area (Å²) in [5.74, 6) is -2.74. The molecular weight excluding hydrogens is 212 g/mol. The Bertz CT molecular complexity index is 250. The van der Waals surface area contributed by atoms with Gasteiger partial charge in [0.05, 0.1) is 18.5 Å². The van der Waals surface area contributed by atoms with E-state index in [0.29, 0.717) is 6.54 Å². The Hall–Kier alpha value is -0.360. The number of rotatable bonds is 2. The van der Waals surface area contributed by atoms with E-state index in [1.807, 2.05) is 0 Å². The van der Waals surface area contributed by atoms with E-state index >= 15 is 0 Å². The molecule has 6 heteroatoms. The van der Waals surface area contributed by atoms with Gasteiger partial charge in [-0.15, -0.1) is 0 Å². The minimum absolute atomic E-state index is 0.0919. The van der Waals surface area contributed by atoms with Crippen LogP contribution in [0.15, 0.2) is 0 Å². The van der Waals surface area contributed by atoms with Gasteiger partial charge in [0, 0.05) is 19.6 Å². The van der Waals surface area contributed by atoms with Crippen LogP contribution in [-0.2, 0) is 0 Å². The maximum atomic E-state index is 13.6. The molecule has 0 amide bonds. The van der Waals surface area contributed by atoms with E-state index in [9.17, 15) is 17.6 Å². The second-order valence-electron chi connectivity index (χ2n) is 4.72. The molecular formula is C9H14F4N2. The topological polar surface area (TPSA) is 6.48 Å². The van der Waals surface area contributed by atoms with Crippen molar-refractivity contribution in [3.05, 3.63) is 0 Å². The summed E-state index contributed by atoms with van der Waals surface area (Å²) >= 11 is 0. The minimum atomic E-state index is -2.74. The number of nitrogens with zero attached hydrogens (tertiary/aromatic N) is 2. The molecule has 0 aromatic rings. The first-order valence-electron chi connectivity index (χ1n) is 4.92. The third-order valence-corrected chi connectivity index (χ3v) is 3.27. The lowest BCUT2D eigenvalue weighted by molar-refractivity contribution is -0.163. The average Bonchev–Trinajstić information content (AvgIpc) is 2.18. The van der Waals surface area contributed by atoms with Crippen LogP contribution in [0.2, 0.25) is 0 Å². The smallest absolute Gasteiger partial charge is 0.269 e. The molecule has 0 radical (unpaired) electrons. The highest BCUT2D eigenvalue weighted by atomic mass is 19.3. The van der Waals surface area contributed by atoms with E-state index in [-0.39, 0.29) is 26.2 Å². The summed E-state index contributed by atoms with van der Waals surface area (Å²) in [5.41, 5.74) is -1.07. The summed E-state index contributed by atoms with van der Waals surface area (Å²) in [6, 6.07) is 0. The van der Waals surface area contributed by atoms with E-state index in [2.05, 4.69) is 0 Å². The van der Waals surface area contributed by atoms with Crippen LogP contribution in [0.4, 0.5) is 17.6 Å². The van der Waals surface area contributed by atoms with Gasteiger partial charge in [0.2, 0.25) is 0 Å². The first-order chi connectivity index (χ1) is 6.85. The van der Waals surface area contributed by atoms with Crippen LogP contribution < -0.4 is 0 Å². The second kappa shape index (κ2) is 3.31. The van der Waals surface area contributed by atoms with Crippen LogP contribution in [0.25, 0.3) is 0 Å². The lowest BCUT2D eigenvalue weighted by Crippen LogP contribution is -2.65. The summed E-state index contributed by atoms with van der Waals surface area (Å²) in [5, 5.41) is 0. The fourth-order valence-corrected chi connectivity index (χ4v) is 2.66. The fraction of sp³-hybridized carbons (Fsp3) is 1.00. The molecule has 0 unspecified atom stereocenters. The van der Waals surface area contributed by atoms with Gasteiger partial charge in [0.15, 0.2) is 0 Å². The number of alkyl halides is 4. The number of hydrogen-bond donors (Lipinski definition) is 0. The van der Waals surface area contributed by atoms with E-state index in [1.165, 1.54) is 4.90 Å². The third kappa shape index (κ3) is 1.73. The number of halogens is 4. The minimum Gasteiger partial charge on any atom is -0.300 e. The molecule has 2 nitrogen and oxygen atoms in total. The van der Waals surface area contributed by atoms with Crippen molar-refractivity contribution in [1.82, 2.24) is 9.80 Å². The van der Waals surface area contributed by atoms with Crippen molar-refractivity contribution >= 4 is 0 Å². The Balaban J connectivity index is 1.96. The number of hydrogen-bond acceptors (Lipinski definition) is 2. The highest BCUT2D eigenvalue weighted by Crippen LogP contribution is 2.49. The first kappa shape index (κ1) is 11.1. The summed E-state index contributed by atoms with van der Waals surface area (Å²) in [4.78, 5) is 2.97. The van der Waals surface area contributed by atoms with E-state index < -0.39 is 17.8 Å². The second-order valence-corrected chi connectivity index (χ2v) is 4.72. The van der Waals surface area contributed by atoms with E-state index in [1.54, 1.807) is 11.9 Å². The van der Waals surface area contributed by atoms with Gasteiger partial charge in [-0.3, -0.25) is 9.80 Å². The van der Waals surface area contributed by atoms with Crippen LogP contribution in [0.5, 0.6) is 0 Å². The van der Waals surface area contributed by atoms with Crippen LogP contribution in [-0.4, -0.2) is 61.9 Å². The molecule has 0 bridgehead atoms. The van der Waals surface area contributed by atoms with Crippen molar-refractivity contribution in [3.8, 4) is 0 Å². The zero-order valence-corrected chi connectivity index (χ0v) is 8.52. The number of likely N-dealkylation sites (tertiary alicyclic amines) is 2. The molecule has 2 fully saturated rings. The quantitative estimate of drug-likeness (QED) is 0.651. The van der Waals surface area contributed by atoms with Crippen molar-refractivity contribution in [2.75, 3.05) is 39.8 Å². The highest BCUT2D eigenvalue weighted by Gasteiger charge is 2.64. The Morgan fingerprint density at radius 1 is 1.13 bits per heavy atom. The normalized spacial score (nSPS) is 30.0. The van der Waals surface area contributed by atoms with Gasteiger partial charge in [0.25, 0.3) is 12.3 Å². The molecule has 0 atom stereocenters. The van der Waals surface area contributed by atoms with Crippen molar-refractivity contribution in [2.45, 2.75) is 12.3 Å². The maximum absolute atomic E-state index is 13.6. The lowest BCUT2D eigenvalue weighted by atomic mass is 9.76. The molecule has 2 heterocycles. The van der Waals surface area contributed by atoms with Crippen LogP contribution in [0.3, 0.4) is 0 Å². The van der Waals surface area contributed by atoms with Gasteiger partial charge in [-0.05, 0) is 7.05 Å². The molecule has 0 saturated carbocycles. The predicted octanol–water partition coefficient (Wildman–Crippen LogP) is 1.13. The monoisotopic (exact) mass is 226 g/mol. The van der Waals surface area contributed by atoms with E-state index in [4.69, 9.17) is 0 Å². The Labute approximate surface area is 85.8 Å². The molecule has 2 saturated heterocycles. The molecule has 2 aliphatic rings. The predicted molar refractivity (Wildman–Crippen MR) is 47.3 cm³/mol. The van der Waals surface area contributed by atoms with Gasteiger partial charge in [0.1, 0.15) is 0 Å². The summed E-state index contributed by atoms with van der Waals surface area (Å²) < 4.78 is 51.1. The average molecular weight is 226 g/mol. The largest absolute Gasteiger partial charge is 0.300 e. The molecule has 0 aliphatic carbocycles. The summed E-state index contributed by atoms with van der Waals surface area (Å²) in [6.45, 7) is -0.153. The molecule has 15 heavy (non-hydrogen) atoms. The molecule has 0 N–H and O–H groups in total. The van der Waals surface area contributed by atoms with Gasteiger partial charge < -0.3 is 0 Å². The van der Waals surface area contributed by atoms with Crippen molar-refractivity contribution in [3.63, 3.8) is 0 Å². The van der Waals surface area contributed by atoms with Crippen LogP contribution in [0, 0.1) is 5.41 Å². The van der Waals surface area contributed by atoms with Crippen LogP contribution in [0.1, 0.15) is 0 Å². The van der Waals surface area contributed by atoms with Crippen molar-refractivity contribution in [1.29, 1.82) is 0 Å². The SMILES string of the molecule is CN1CC(F)(F)C2(C1)CN(CC(F)F)C2. The van der Waals surface area contributed by atoms with Gasteiger partial charge >= 0.3 is 0 Å². The summed E-state index contributed by atoms with van der Waals surface area (Å²) in [6.07, 6.45) is -2.44. The lowest BCUT2D eigenvalue weighted by Gasteiger charge is -2.50. The van der Waals surface area contributed by atoms with Crippen LogP contribution >= 0.6 is 0 Å². The van der Waals surface area contributed by atoms with Crippen molar-refractivity contribution in [2.24, 2.45) is 5.41 Å². The maximum Gasteiger partial charge on any atom is 0.269 e. The molecule has 88 valence electrons. The van der Waals surface area contributed by atoms with Gasteiger partial charge in [-0.25, -0.2) is 17.6 Å². The Morgan fingerprint density at radius 2 is 1.73 bits per heavy atom. The standard InChI is InChI=1S/C9H14F4N2/c1-14-3-8(9(12,13)6-14)4-15(5-8)2-7(10)11/h7H,2-6H2,1H3. The molecule has 2 aliphatic heterocycles. The van der Waals surface area contributed by atoms with Gasteiger partial charge in [-0.1, -0.05) is 0 Å². The zero-order chi connectivity index (χ0) is 11.3. The Morgan fingerprint density at radius 3 is 2.13 bits per heavy atom. The van der Waals surface area contributed by atoms with Crippen molar-refractivity contribution < 1.29 is 17.6 Å². The molecule has 2 rings (SSSR count). The summed E-state index contributed by atoms with van der Waals surface area (Å²) in [7, 11) is 1.64. The Kier molecular flexibility index (Phi) is 2.46. The third-order valence-electron chi connectivity index (χ3n) is 3.27. The first-order valence-corrected chi connectivity index (χ1v) is 4.92. The molecule has 0 aromatic carbocycles. The van der Waals surface area contributed by atoms with E-state index in [0.717, 1.165) is 0 Å². The zero-order valence-electron chi connectivity index (χ0n) is 8.52. The highest BCUT2D eigenvalue weighted by molar-refractivity contribution is 5.10. The molecule has 1 spiro atoms. The van der Waals surface area contributed by atoms with Gasteiger partial charge in [-0.2, -0.15) is 0 Å². The fourth-order valence-electron chi connectivity index (χ4n) is 2.66. The molecule has 0 aromatic heterocycles.